The fraction of sp³-hybridized carbons (Fsp3) is 0.769. The van der Waals surface area contributed by atoms with E-state index in [0.717, 1.165) is 31.8 Å². The molecule has 3 rings (SSSR count). The average Bonchev–Trinajstić information content (AvgIpc) is 3.11. The van der Waals surface area contributed by atoms with Crippen molar-refractivity contribution >= 4 is 5.78 Å². The Labute approximate surface area is 107 Å². The molecule has 1 aromatic heterocycles. The quantitative estimate of drug-likeness (QED) is 0.813. The number of carbonyl (C=O) groups is 1. The Morgan fingerprint density at radius 2 is 2.28 bits per heavy atom. The lowest BCUT2D eigenvalue weighted by Crippen LogP contribution is -2.37. The van der Waals surface area contributed by atoms with E-state index < -0.39 is 0 Å². The molecule has 1 unspecified atom stereocenters. The van der Waals surface area contributed by atoms with Crippen molar-refractivity contribution in [1.29, 1.82) is 0 Å². The highest BCUT2D eigenvalue weighted by molar-refractivity contribution is 5.78. The largest absolute Gasteiger partial charge is 0.338 e. The lowest BCUT2D eigenvalue weighted by Gasteiger charge is -2.30. The highest BCUT2D eigenvalue weighted by Crippen LogP contribution is 2.38. The topological polar surface area (TPSA) is 59.2 Å². The van der Waals surface area contributed by atoms with Crippen LogP contribution in [0, 0.1) is 5.92 Å². The summed E-state index contributed by atoms with van der Waals surface area (Å²) >= 11 is 0. The van der Waals surface area contributed by atoms with E-state index >= 15 is 0 Å². The summed E-state index contributed by atoms with van der Waals surface area (Å²) in [7, 11) is 0. The standard InChI is InChI=1S/C13H19N3O2/c1-9(17)11-3-2-6-16(7-11)8-12-14-13(15-18-12)10-4-5-10/h10-11H,2-8H2,1H3. The summed E-state index contributed by atoms with van der Waals surface area (Å²) in [6, 6.07) is 0. The summed E-state index contributed by atoms with van der Waals surface area (Å²) in [5, 5.41) is 4.02. The number of rotatable bonds is 4. The van der Waals surface area contributed by atoms with Gasteiger partial charge in [0.15, 0.2) is 5.82 Å². The molecule has 5 nitrogen and oxygen atoms in total. The summed E-state index contributed by atoms with van der Waals surface area (Å²) in [5.41, 5.74) is 0. The van der Waals surface area contributed by atoms with Gasteiger partial charge in [-0.3, -0.25) is 9.69 Å². The lowest BCUT2D eigenvalue weighted by molar-refractivity contribution is -0.122. The number of carbonyl (C=O) groups excluding carboxylic acids is 1. The van der Waals surface area contributed by atoms with E-state index in [0.29, 0.717) is 24.1 Å². The lowest BCUT2D eigenvalue weighted by atomic mass is 9.95. The molecule has 1 aromatic rings. The van der Waals surface area contributed by atoms with Crippen molar-refractivity contribution in [2.45, 2.75) is 45.1 Å². The molecule has 1 saturated carbocycles. The summed E-state index contributed by atoms with van der Waals surface area (Å²) < 4.78 is 5.28. The van der Waals surface area contributed by atoms with Gasteiger partial charge in [-0.25, -0.2) is 0 Å². The second-order valence-corrected chi connectivity index (χ2v) is 5.51. The van der Waals surface area contributed by atoms with E-state index in [-0.39, 0.29) is 5.92 Å². The van der Waals surface area contributed by atoms with E-state index in [9.17, 15) is 4.79 Å². The van der Waals surface area contributed by atoms with Crippen molar-refractivity contribution in [3.63, 3.8) is 0 Å². The van der Waals surface area contributed by atoms with Gasteiger partial charge in [-0.2, -0.15) is 4.98 Å². The molecule has 2 aliphatic rings. The Kier molecular flexibility index (Phi) is 3.16. The third kappa shape index (κ3) is 2.61. The van der Waals surface area contributed by atoms with Gasteiger partial charge in [0.05, 0.1) is 6.54 Å². The minimum absolute atomic E-state index is 0.185. The number of piperidine rings is 1. The zero-order chi connectivity index (χ0) is 12.5. The fourth-order valence-corrected chi connectivity index (χ4v) is 2.56. The molecule has 2 heterocycles. The van der Waals surface area contributed by atoms with Crippen molar-refractivity contribution in [2.24, 2.45) is 5.92 Å². The number of aromatic nitrogens is 2. The maximum absolute atomic E-state index is 11.4. The molecule has 2 fully saturated rings. The Hall–Kier alpha value is -1.23. The molecule has 0 aromatic carbocycles. The summed E-state index contributed by atoms with van der Waals surface area (Å²) in [6.45, 7) is 4.22. The van der Waals surface area contributed by atoms with Crippen LogP contribution < -0.4 is 0 Å². The zero-order valence-electron chi connectivity index (χ0n) is 10.8. The summed E-state index contributed by atoms with van der Waals surface area (Å²) in [6.07, 6.45) is 4.47. The fourth-order valence-electron chi connectivity index (χ4n) is 2.56. The first-order valence-corrected chi connectivity index (χ1v) is 6.77. The molecule has 1 saturated heterocycles. The van der Waals surface area contributed by atoms with Gasteiger partial charge in [0.25, 0.3) is 0 Å². The minimum atomic E-state index is 0.185. The van der Waals surface area contributed by atoms with E-state index in [4.69, 9.17) is 4.52 Å². The van der Waals surface area contributed by atoms with Gasteiger partial charge in [-0.15, -0.1) is 0 Å². The van der Waals surface area contributed by atoms with Crippen molar-refractivity contribution in [2.75, 3.05) is 13.1 Å². The Morgan fingerprint density at radius 1 is 1.44 bits per heavy atom. The van der Waals surface area contributed by atoms with E-state index in [2.05, 4.69) is 15.0 Å². The third-order valence-corrected chi connectivity index (χ3v) is 3.87. The molecule has 5 heteroatoms. The molecular formula is C13H19N3O2. The number of nitrogens with zero attached hydrogens (tertiary/aromatic N) is 3. The molecule has 1 atom stereocenters. The van der Waals surface area contributed by atoms with Crippen molar-refractivity contribution in [1.82, 2.24) is 15.0 Å². The Balaban J connectivity index is 1.59. The second-order valence-electron chi connectivity index (χ2n) is 5.51. The number of likely N-dealkylation sites (tertiary alicyclic amines) is 1. The number of hydrogen-bond donors (Lipinski definition) is 0. The first kappa shape index (κ1) is 11.8. The minimum Gasteiger partial charge on any atom is -0.338 e. The van der Waals surface area contributed by atoms with Crippen LogP contribution in [0.25, 0.3) is 0 Å². The van der Waals surface area contributed by atoms with Crippen LogP contribution in [0.5, 0.6) is 0 Å². The molecule has 0 spiro atoms. The third-order valence-electron chi connectivity index (χ3n) is 3.87. The highest BCUT2D eigenvalue weighted by Gasteiger charge is 2.29. The second kappa shape index (κ2) is 4.80. The van der Waals surface area contributed by atoms with Gasteiger partial charge in [-0.1, -0.05) is 5.16 Å². The highest BCUT2D eigenvalue weighted by atomic mass is 16.5. The van der Waals surface area contributed by atoms with Crippen molar-refractivity contribution in [3.8, 4) is 0 Å². The number of Topliss-reactive ketones (excluding diaryl/α,β-unsaturated/α-hetero) is 1. The van der Waals surface area contributed by atoms with Gasteiger partial charge in [-0.05, 0) is 39.2 Å². The maximum Gasteiger partial charge on any atom is 0.240 e. The van der Waals surface area contributed by atoms with Crippen LogP contribution in [0.3, 0.4) is 0 Å². The van der Waals surface area contributed by atoms with Gasteiger partial charge >= 0.3 is 0 Å². The van der Waals surface area contributed by atoms with Gasteiger partial charge in [0.1, 0.15) is 5.78 Å². The number of hydrogen-bond acceptors (Lipinski definition) is 5. The smallest absolute Gasteiger partial charge is 0.240 e. The van der Waals surface area contributed by atoms with Crippen LogP contribution in [0.15, 0.2) is 4.52 Å². The molecule has 0 amide bonds. The van der Waals surface area contributed by atoms with E-state index in [1.165, 1.54) is 12.8 Å². The van der Waals surface area contributed by atoms with Crippen LogP contribution in [0.1, 0.15) is 50.2 Å². The van der Waals surface area contributed by atoms with Crippen molar-refractivity contribution in [3.05, 3.63) is 11.7 Å². The predicted molar refractivity (Wildman–Crippen MR) is 65.0 cm³/mol. The summed E-state index contributed by atoms with van der Waals surface area (Å²) in [4.78, 5) is 18.1. The molecule has 0 bridgehead atoms. The maximum atomic E-state index is 11.4. The van der Waals surface area contributed by atoms with Crippen LogP contribution in [-0.2, 0) is 11.3 Å². The first-order valence-electron chi connectivity index (χ1n) is 6.77. The van der Waals surface area contributed by atoms with Gasteiger partial charge < -0.3 is 4.52 Å². The molecule has 1 aliphatic heterocycles. The SMILES string of the molecule is CC(=O)C1CCCN(Cc2nc(C3CC3)no2)C1. The Bertz CT molecular complexity index is 439. The first-order chi connectivity index (χ1) is 8.72. The van der Waals surface area contributed by atoms with Crippen LogP contribution in [0.2, 0.25) is 0 Å². The molecule has 18 heavy (non-hydrogen) atoms. The van der Waals surface area contributed by atoms with Crippen LogP contribution in [0.4, 0.5) is 0 Å². The monoisotopic (exact) mass is 249 g/mol. The normalized spacial score (nSPS) is 25.3. The number of ketones is 1. The average molecular weight is 249 g/mol. The van der Waals surface area contributed by atoms with Crippen LogP contribution in [-0.4, -0.2) is 33.9 Å². The van der Waals surface area contributed by atoms with E-state index in [1.807, 2.05) is 0 Å². The molecule has 1 aliphatic carbocycles. The molecule has 98 valence electrons. The summed E-state index contributed by atoms with van der Waals surface area (Å²) in [5.74, 6) is 2.58. The molecule has 0 radical (unpaired) electrons. The predicted octanol–water partition coefficient (Wildman–Crippen LogP) is 1.75. The zero-order valence-corrected chi connectivity index (χ0v) is 10.8. The molecular weight excluding hydrogens is 230 g/mol. The van der Waals surface area contributed by atoms with Gasteiger partial charge in [0, 0.05) is 18.4 Å². The van der Waals surface area contributed by atoms with Crippen LogP contribution >= 0.6 is 0 Å². The van der Waals surface area contributed by atoms with Gasteiger partial charge in [0.2, 0.25) is 5.89 Å². The Morgan fingerprint density at radius 3 is 3.00 bits per heavy atom. The van der Waals surface area contributed by atoms with Crippen molar-refractivity contribution < 1.29 is 9.32 Å². The molecule has 0 N–H and O–H groups in total. The van der Waals surface area contributed by atoms with E-state index in [1.54, 1.807) is 6.92 Å².